The molecule has 0 spiro atoms. The topological polar surface area (TPSA) is 184 Å². The Bertz CT molecular complexity index is 3800. The Balaban J connectivity index is 0.000000202. The van der Waals surface area contributed by atoms with Gasteiger partial charge in [0.15, 0.2) is 0 Å². The van der Waals surface area contributed by atoms with Crippen LogP contribution in [0.4, 0.5) is 16.2 Å². The number of benzene rings is 4. The standard InChI is InChI=1S/C32H32ClN5O3.C27H24ClN5O.CH4/c1-19-10-24(37-31(40)41-32(3,4)5)11-20(2)25(19)16-36-30(39)27-18-38(29-8-9-34-15-26(27)29)17-21-6-7-28-22(12-21)13-23(33)14-35-28;1-16-7-21(29)8-17(2)22(16)13-32-27(34)24-15-33(26-5-6-30-12-23(24)26)14-18-3-4-25-19(9-18)10-20(28)11-31-25;/h6-15,18H,16-17H2,1-5H3,(H,36,39)(H,37,40);3-12,15H,13-14,29H2,1-2H3,(H,32,34);1H4. The molecule has 0 aliphatic rings. The summed E-state index contributed by atoms with van der Waals surface area (Å²) >= 11 is 12.3. The maximum Gasteiger partial charge on any atom is 0.412 e. The highest BCUT2D eigenvalue weighted by atomic mass is 35.5. The van der Waals surface area contributed by atoms with Gasteiger partial charge in [-0.2, -0.15) is 0 Å². The van der Waals surface area contributed by atoms with Crippen molar-refractivity contribution in [3.63, 3.8) is 0 Å². The SMILES string of the molecule is C.Cc1cc(N)cc(C)c1CNC(=O)c1cn(Cc2ccc3ncc(Cl)cc3c2)c2ccncc12.Cc1cc(NC(=O)OC(C)(C)C)cc(C)c1CNC(=O)c1cn(Cc2ccc3ncc(Cl)cc3c2)c2ccncc12. The second-order valence-electron chi connectivity index (χ2n) is 19.7. The summed E-state index contributed by atoms with van der Waals surface area (Å²) in [5.41, 5.74) is 19.7. The van der Waals surface area contributed by atoms with Gasteiger partial charge in [0.1, 0.15) is 5.60 Å². The number of anilines is 2. The molecule has 6 heterocycles. The molecular formula is C60H60Cl2N10O4. The number of aryl methyl sites for hydroxylation is 4. The van der Waals surface area contributed by atoms with E-state index in [1.54, 1.807) is 37.2 Å². The number of halogens is 2. The Hall–Kier alpha value is -8.33. The largest absolute Gasteiger partial charge is 0.444 e. The van der Waals surface area contributed by atoms with E-state index in [0.29, 0.717) is 53.0 Å². The molecule has 3 amide bonds. The number of rotatable bonds is 11. The second-order valence-corrected chi connectivity index (χ2v) is 20.6. The fraction of sp³-hybridized carbons (Fsp3) is 0.217. The Morgan fingerprint density at radius 2 is 1.04 bits per heavy atom. The van der Waals surface area contributed by atoms with E-state index in [4.69, 9.17) is 33.7 Å². The van der Waals surface area contributed by atoms with Crippen LogP contribution in [-0.2, 0) is 30.9 Å². The molecule has 10 rings (SSSR count). The number of hydrogen-bond donors (Lipinski definition) is 4. The van der Waals surface area contributed by atoms with Gasteiger partial charge in [-0.15, -0.1) is 0 Å². The number of fused-ring (bicyclic) bond motifs is 4. The molecule has 16 heteroatoms. The minimum atomic E-state index is -0.585. The summed E-state index contributed by atoms with van der Waals surface area (Å²) in [5, 5.41) is 13.7. The number of nitrogens with two attached hydrogens (primary N) is 1. The molecule has 0 bridgehead atoms. The third-order valence-electron chi connectivity index (χ3n) is 12.9. The van der Waals surface area contributed by atoms with Gasteiger partial charge in [-0.25, -0.2) is 4.79 Å². The molecule has 0 saturated heterocycles. The third-order valence-corrected chi connectivity index (χ3v) is 13.3. The summed E-state index contributed by atoms with van der Waals surface area (Å²) in [6.07, 6.45) is 13.5. The molecule has 0 atom stereocenters. The van der Waals surface area contributed by atoms with Gasteiger partial charge in [0.25, 0.3) is 11.8 Å². The fourth-order valence-corrected chi connectivity index (χ4v) is 9.73. The first kappa shape index (κ1) is 53.9. The molecule has 10 aromatic rings. The number of carbonyl (C=O) groups is 3. The van der Waals surface area contributed by atoms with Crippen LogP contribution in [0, 0.1) is 27.7 Å². The zero-order valence-corrected chi connectivity index (χ0v) is 44.2. The van der Waals surface area contributed by atoms with Crippen molar-refractivity contribution in [1.82, 2.24) is 39.7 Å². The number of pyridine rings is 4. The van der Waals surface area contributed by atoms with Gasteiger partial charge in [0, 0.05) is 109 Å². The molecule has 4 aromatic carbocycles. The minimum Gasteiger partial charge on any atom is -0.444 e. The Kier molecular flexibility index (Phi) is 16.1. The first-order valence-corrected chi connectivity index (χ1v) is 25.1. The maximum atomic E-state index is 13.4. The zero-order chi connectivity index (χ0) is 53.1. The number of nitrogen functional groups attached to an aromatic ring is 1. The van der Waals surface area contributed by atoms with Gasteiger partial charge >= 0.3 is 6.09 Å². The van der Waals surface area contributed by atoms with Gasteiger partial charge in [-0.05, 0) is 166 Å². The number of hydrogen-bond acceptors (Lipinski definition) is 9. The number of carbonyl (C=O) groups excluding carboxylic acids is 3. The van der Waals surface area contributed by atoms with Crippen molar-refractivity contribution in [3.8, 4) is 0 Å². The smallest absolute Gasteiger partial charge is 0.412 e. The molecule has 0 saturated carbocycles. The lowest BCUT2D eigenvalue weighted by Gasteiger charge is -2.20. The minimum absolute atomic E-state index is 0. The Labute approximate surface area is 451 Å². The highest BCUT2D eigenvalue weighted by Crippen LogP contribution is 2.28. The lowest BCUT2D eigenvalue weighted by Crippen LogP contribution is -2.27. The Morgan fingerprint density at radius 1 is 0.605 bits per heavy atom. The van der Waals surface area contributed by atoms with E-state index in [1.807, 2.05) is 134 Å². The monoisotopic (exact) mass is 1050 g/mol. The summed E-state index contributed by atoms with van der Waals surface area (Å²) in [6.45, 7) is 15.3. The van der Waals surface area contributed by atoms with Crippen LogP contribution in [0.25, 0.3) is 43.6 Å². The fourth-order valence-electron chi connectivity index (χ4n) is 9.40. The van der Waals surface area contributed by atoms with Crippen LogP contribution in [0.2, 0.25) is 10.0 Å². The van der Waals surface area contributed by atoms with E-state index in [1.165, 1.54) is 0 Å². The van der Waals surface area contributed by atoms with Crippen molar-refractivity contribution >= 4 is 96.1 Å². The molecule has 0 aliphatic heterocycles. The predicted octanol–water partition coefficient (Wildman–Crippen LogP) is 13.2. The van der Waals surface area contributed by atoms with Crippen molar-refractivity contribution in [2.75, 3.05) is 11.1 Å². The van der Waals surface area contributed by atoms with Crippen LogP contribution in [-0.4, -0.2) is 52.6 Å². The zero-order valence-electron chi connectivity index (χ0n) is 42.7. The normalized spacial score (nSPS) is 11.3. The molecule has 14 nitrogen and oxygen atoms in total. The van der Waals surface area contributed by atoms with Crippen molar-refractivity contribution in [3.05, 3.63) is 200 Å². The van der Waals surface area contributed by atoms with Gasteiger partial charge in [0.05, 0.1) is 43.2 Å². The van der Waals surface area contributed by atoms with Crippen LogP contribution < -0.4 is 21.7 Å². The van der Waals surface area contributed by atoms with Crippen LogP contribution in [0.3, 0.4) is 0 Å². The predicted molar refractivity (Wildman–Crippen MR) is 306 cm³/mol. The first-order chi connectivity index (χ1) is 35.8. The number of ether oxygens (including phenoxy) is 1. The lowest BCUT2D eigenvalue weighted by molar-refractivity contribution is 0.0635. The van der Waals surface area contributed by atoms with E-state index in [0.717, 1.165) is 93.8 Å². The van der Waals surface area contributed by atoms with Crippen LogP contribution in [0.15, 0.2) is 135 Å². The maximum absolute atomic E-state index is 13.4. The summed E-state index contributed by atoms with van der Waals surface area (Å²) < 4.78 is 9.48. The van der Waals surface area contributed by atoms with Crippen molar-refractivity contribution in [2.45, 2.75) is 87.7 Å². The third kappa shape index (κ3) is 12.4. The highest BCUT2D eigenvalue weighted by Gasteiger charge is 2.20. The van der Waals surface area contributed by atoms with Gasteiger partial charge in [0.2, 0.25) is 0 Å². The number of amides is 3. The van der Waals surface area contributed by atoms with Crippen LogP contribution >= 0.6 is 23.2 Å². The van der Waals surface area contributed by atoms with E-state index >= 15 is 0 Å². The molecule has 6 aromatic heterocycles. The average molecular weight is 1060 g/mol. The molecule has 5 N–H and O–H groups in total. The van der Waals surface area contributed by atoms with Gasteiger partial charge < -0.3 is 30.2 Å². The molecule has 0 aliphatic carbocycles. The van der Waals surface area contributed by atoms with E-state index in [9.17, 15) is 14.4 Å². The molecule has 0 unspecified atom stereocenters. The summed E-state index contributed by atoms with van der Waals surface area (Å²) in [7, 11) is 0. The molecule has 0 fully saturated rings. The van der Waals surface area contributed by atoms with Crippen molar-refractivity contribution < 1.29 is 19.1 Å². The number of aromatic nitrogens is 6. The van der Waals surface area contributed by atoms with E-state index < -0.39 is 11.7 Å². The summed E-state index contributed by atoms with van der Waals surface area (Å²) in [6, 6.07) is 27.4. The van der Waals surface area contributed by atoms with Crippen molar-refractivity contribution in [1.29, 1.82) is 0 Å². The van der Waals surface area contributed by atoms with Gasteiger partial charge in [-0.3, -0.25) is 34.8 Å². The number of nitrogens with zero attached hydrogens (tertiary/aromatic N) is 6. The first-order valence-electron chi connectivity index (χ1n) is 24.3. The van der Waals surface area contributed by atoms with Gasteiger partial charge in [-0.1, -0.05) is 42.8 Å². The average Bonchev–Trinajstić information content (AvgIpc) is 3.92. The van der Waals surface area contributed by atoms with Crippen molar-refractivity contribution in [2.24, 2.45) is 0 Å². The highest BCUT2D eigenvalue weighted by molar-refractivity contribution is 6.31. The summed E-state index contributed by atoms with van der Waals surface area (Å²) in [4.78, 5) is 56.1. The number of nitrogens with one attached hydrogen (secondary N) is 3. The van der Waals surface area contributed by atoms with Crippen LogP contribution in [0.1, 0.15) is 93.4 Å². The molecule has 0 radical (unpaired) electrons. The molecule has 76 heavy (non-hydrogen) atoms. The second kappa shape index (κ2) is 22.6. The summed E-state index contributed by atoms with van der Waals surface area (Å²) in [5.74, 6) is -0.326. The lowest BCUT2D eigenvalue weighted by atomic mass is 10.0. The molecule has 388 valence electrons. The van der Waals surface area contributed by atoms with E-state index in [2.05, 4.69) is 57.2 Å². The van der Waals surface area contributed by atoms with Crippen LogP contribution in [0.5, 0.6) is 0 Å². The quantitative estimate of drug-likeness (QED) is 0.0916. The Morgan fingerprint density at radius 3 is 1.47 bits per heavy atom. The molecular weight excluding hydrogens is 996 g/mol. The van der Waals surface area contributed by atoms with E-state index in [-0.39, 0.29) is 19.2 Å².